The molecule has 1 unspecified atom stereocenters. The van der Waals surface area contributed by atoms with E-state index in [2.05, 4.69) is 43.4 Å². The van der Waals surface area contributed by atoms with Crippen molar-refractivity contribution < 1.29 is 0 Å². The highest BCUT2D eigenvalue weighted by Gasteiger charge is 2.30. The predicted octanol–water partition coefficient (Wildman–Crippen LogP) is 3.87. The molecule has 1 aromatic rings. The van der Waals surface area contributed by atoms with Crippen LogP contribution in [0, 0.1) is 12.8 Å². The van der Waals surface area contributed by atoms with Gasteiger partial charge in [-0.05, 0) is 50.3 Å². The lowest BCUT2D eigenvalue weighted by molar-refractivity contribution is 0.503. The fourth-order valence-electron chi connectivity index (χ4n) is 2.09. The van der Waals surface area contributed by atoms with E-state index in [0.717, 1.165) is 18.5 Å². The van der Waals surface area contributed by atoms with Gasteiger partial charge in [-0.1, -0.05) is 25.1 Å². The van der Waals surface area contributed by atoms with E-state index < -0.39 is 0 Å². The van der Waals surface area contributed by atoms with Gasteiger partial charge >= 0.3 is 0 Å². The molecule has 0 heterocycles. The molecule has 0 amide bonds. The van der Waals surface area contributed by atoms with Gasteiger partial charge in [-0.2, -0.15) is 0 Å². The summed E-state index contributed by atoms with van der Waals surface area (Å²) < 4.78 is 0. The third-order valence-electron chi connectivity index (χ3n) is 3.36. The molecule has 1 aliphatic carbocycles. The summed E-state index contributed by atoms with van der Waals surface area (Å²) in [6.07, 6.45) is 4.09. The minimum Gasteiger partial charge on any atom is -0.313 e. The van der Waals surface area contributed by atoms with Crippen molar-refractivity contribution in [2.45, 2.75) is 44.0 Å². The number of rotatable bonds is 7. The fourth-order valence-corrected chi connectivity index (χ4v) is 3.31. The number of thioether (sulfide) groups is 1. The predicted molar refractivity (Wildman–Crippen MR) is 76.7 cm³/mol. The molecule has 1 N–H and O–H groups in total. The first kappa shape index (κ1) is 13.0. The molecule has 0 bridgehead atoms. The van der Waals surface area contributed by atoms with Crippen molar-refractivity contribution in [1.29, 1.82) is 0 Å². The van der Waals surface area contributed by atoms with Gasteiger partial charge in [0, 0.05) is 16.7 Å². The minimum atomic E-state index is 0.722. The van der Waals surface area contributed by atoms with Crippen LogP contribution in [0.15, 0.2) is 29.2 Å². The summed E-state index contributed by atoms with van der Waals surface area (Å²) in [5.74, 6) is 2.16. The maximum absolute atomic E-state index is 3.70. The second-order valence-corrected chi connectivity index (χ2v) is 6.04. The van der Waals surface area contributed by atoms with Crippen molar-refractivity contribution in [2.24, 2.45) is 5.92 Å². The normalized spacial score (nSPS) is 17.1. The van der Waals surface area contributed by atoms with Crippen LogP contribution >= 0.6 is 11.8 Å². The molecular weight excluding hydrogens is 226 g/mol. The van der Waals surface area contributed by atoms with Crippen LogP contribution in [-0.2, 0) is 0 Å². The molecule has 94 valence electrons. The van der Waals surface area contributed by atoms with Crippen molar-refractivity contribution in [3.05, 3.63) is 29.8 Å². The van der Waals surface area contributed by atoms with Crippen LogP contribution < -0.4 is 5.32 Å². The number of hydrogen-bond acceptors (Lipinski definition) is 2. The Morgan fingerprint density at radius 3 is 2.76 bits per heavy atom. The largest absolute Gasteiger partial charge is 0.313 e. The summed E-state index contributed by atoms with van der Waals surface area (Å²) >= 11 is 2.01. The lowest BCUT2D eigenvalue weighted by Gasteiger charge is -2.18. The average Bonchev–Trinajstić information content (AvgIpc) is 3.15. The quantitative estimate of drug-likeness (QED) is 0.736. The molecule has 0 aromatic heterocycles. The van der Waals surface area contributed by atoms with Crippen LogP contribution in [-0.4, -0.2) is 18.3 Å². The molecule has 0 saturated heterocycles. The van der Waals surface area contributed by atoms with Gasteiger partial charge in [-0.15, -0.1) is 11.8 Å². The standard InChI is InChI=1S/C15H23NS/c1-3-10-16-14(13-8-9-13)11-17-15-7-5-4-6-12(15)2/h4-7,13-14,16H,3,8-11H2,1-2H3. The summed E-state index contributed by atoms with van der Waals surface area (Å²) in [6, 6.07) is 9.42. The zero-order valence-corrected chi connectivity index (χ0v) is 11.7. The Balaban J connectivity index is 1.84. The summed E-state index contributed by atoms with van der Waals surface area (Å²) in [6.45, 7) is 5.61. The summed E-state index contributed by atoms with van der Waals surface area (Å²) in [5, 5.41) is 3.70. The van der Waals surface area contributed by atoms with Crippen LogP contribution in [0.25, 0.3) is 0 Å². The molecule has 1 saturated carbocycles. The Morgan fingerprint density at radius 1 is 1.35 bits per heavy atom. The van der Waals surface area contributed by atoms with Gasteiger partial charge in [0.15, 0.2) is 0 Å². The van der Waals surface area contributed by atoms with Gasteiger partial charge in [-0.3, -0.25) is 0 Å². The molecule has 17 heavy (non-hydrogen) atoms. The van der Waals surface area contributed by atoms with Crippen molar-refractivity contribution in [3.63, 3.8) is 0 Å². The second-order valence-electron chi connectivity index (χ2n) is 4.97. The van der Waals surface area contributed by atoms with E-state index in [9.17, 15) is 0 Å². The zero-order chi connectivity index (χ0) is 12.1. The Labute approximate surface area is 109 Å². The number of aryl methyl sites for hydroxylation is 1. The van der Waals surface area contributed by atoms with Crippen molar-refractivity contribution in [1.82, 2.24) is 5.32 Å². The van der Waals surface area contributed by atoms with Gasteiger partial charge in [0.05, 0.1) is 0 Å². The average molecular weight is 249 g/mol. The molecule has 2 rings (SSSR count). The molecule has 1 aromatic carbocycles. The van der Waals surface area contributed by atoms with E-state index in [1.807, 2.05) is 11.8 Å². The highest BCUT2D eigenvalue weighted by Crippen LogP contribution is 2.35. The molecule has 1 fully saturated rings. The molecule has 1 nitrogen and oxygen atoms in total. The number of hydrogen-bond donors (Lipinski definition) is 1. The van der Waals surface area contributed by atoms with Gasteiger partial charge < -0.3 is 5.32 Å². The highest BCUT2D eigenvalue weighted by molar-refractivity contribution is 7.99. The molecule has 2 heteroatoms. The third-order valence-corrected chi connectivity index (χ3v) is 4.65. The zero-order valence-electron chi connectivity index (χ0n) is 10.9. The Hall–Kier alpha value is -0.470. The first-order chi connectivity index (χ1) is 8.31. The monoisotopic (exact) mass is 249 g/mol. The van der Waals surface area contributed by atoms with Crippen LogP contribution in [0.5, 0.6) is 0 Å². The molecular formula is C15H23NS. The van der Waals surface area contributed by atoms with Gasteiger partial charge in [0.1, 0.15) is 0 Å². The maximum atomic E-state index is 3.70. The van der Waals surface area contributed by atoms with E-state index in [4.69, 9.17) is 0 Å². The van der Waals surface area contributed by atoms with Crippen molar-refractivity contribution in [3.8, 4) is 0 Å². The summed E-state index contributed by atoms with van der Waals surface area (Å²) in [4.78, 5) is 1.44. The molecule has 0 spiro atoms. The molecule has 1 atom stereocenters. The van der Waals surface area contributed by atoms with Crippen LogP contribution in [0.3, 0.4) is 0 Å². The first-order valence-electron chi connectivity index (χ1n) is 6.73. The van der Waals surface area contributed by atoms with E-state index in [1.54, 1.807) is 0 Å². The molecule has 0 aliphatic heterocycles. The smallest absolute Gasteiger partial charge is 0.0189 e. The lowest BCUT2D eigenvalue weighted by Crippen LogP contribution is -2.33. The first-order valence-corrected chi connectivity index (χ1v) is 7.71. The second kappa shape index (κ2) is 6.46. The Morgan fingerprint density at radius 2 is 2.12 bits per heavy atom. The fraction of sp³-hybridized carbons (Fsp3) is 0.600. The number of nitrogens with one attached hydrogen (secondary N) is 1. The van der Waals surface area contributed by atoms with E-state index in [0.29, 0.717) is 0 Å². The van der Waals surface area contributed by atoms with Crippen LogP contribution in [0.2, 0.25) is 0 Å². The van der Waals surface area contributed by atoms with Crippen molar-refractivity contribution >= 4 is 11.8 Å². The van der Waals surface area contributed by atoms with Gasteiger partial charge in [0.25, 0.3) is 0 Å². The minimum absolute atomic E-state index is 0.722. The topological polar surface area (TPSA) is 12.0 Å². The lowest BCUT2D eigenvalue weighted by atomic mass is 10.2. The summed E-state index contributed by atoms with van der Waals surface area (Å²) in [5.41, 5.74) is 1.41. The highest BCUT2D eigenvalue weighted by atomic mass is 32.2. The maximum Gasteiger partial charge on any atom is 0.0189 e. The summed E-state index contributed by atoms with van der Waals surface area (Å²) in [7, 11) is 0. The number of benzene rings is 1. The third kappa shape index (κ3) is 4.04. The van der Waals surface area contributed by atoms with Gasteiger partial charge in [0.2, 0.25) is 0 Å². The van der Waals surface area contributed by atoms with Gasteiger partial charge in [-0.25, -0.2) is 0 Å². The van der Waals surface area contributed by atoms with E-state index >= 15 is 0 Å². The molecule has 1 aliphatic rings. The van der Waals surface area contributed by atoms with Crippen molar-refractivity contribution in [2.75, 3.05) is 12.3 Å². The SMILES string of the molecule is CCCNC(CSc1ccccc1C)C1CC1. The van der Waals surface area contributed by atoms with Crippen LogP contribution in [0.1, 0.15) is 31.7 Å². The Kier molecular flexibility index (Phi) is 4.93. The van der Waals surface area contributed by atoms with E-state index in [1.165, 1.54) is 35.5 Å². The van der Waals surface area contributed by atoms with Crippen LogP contribution in [0.4, 0.5) is 0 Å². The Bertz CT molecular complexity index is 347. The molecule has 0 radical (unpaired) electrons. The van der Waals surface area contributed by atoms with E-state index in [-0.39, 0.29) is 0 Å².